The molecule has 0 aliphatic rings. The van der Waals surface area contributed by atoms with Gasteiger partial charge in [0.15, 0.2) is 17.6 Å². The van der Waals surface area contributed by atoms with E-state index in [1.807, 2.05) is 60.5 Å². The predicted octanol–water partition coefficient (Wildman–Crippen LogP) is 4.28. The molecule has 0 spiro atoms. The molecule has 9 nitrogen and oxygen atoms in total. The van der Waals surface area contributed by atoms with Crippen molar-refractivity contribution >= 4 is 35.0 Å². The first kappa shape index (κ1) is 31.7. The van der Waals surface area contributed by atoms with Crippen LogP contribution in [0.1, 0.15) is 89.3 Å². The largest absolute Gasteiger partial charge is 0.476 e. The van der Waals surface area contributed by atoms with Crippen molar-refractivity contribution in [1.29, 1.82) is 0 Å². The summed E-state index contributed by atoms with van der Waals surface area (Å²) in [5.74, 6) is -2.29. The molecule has 204 valence electrons. The second kappa shape index (κ2) is 13.3. The van der Waals surface area contributed by atoms with Crippen molar-refractivity contribution in [3.05, 3.63) is 16.1 Å². The lowest BCUT2D eigenvalue weighted by Crippen LogP contribution is -2.50. The molecule has 36 heavy (non-hydrogen) atoms. The normalized spacial score (nSPS) is 15.3. The lowest BCUT2D eigenvalue weighted by Gasteiger charge is -2.38. The lowest BCUT2D eigenvalue weighted by molar-refractivity contribution is -0.149. The Morgan fingerprint density at radius 3 is 2.14 bits per heavy atom. The van der Waals surface area contributed by atoms with Crippen LogP contribution in [0.4, 0.5) is 0 Å². The van der Waals surface area contributed by atoms with Crippen LogP contribution in [0.3, 0.4) is 0 Å². The van der Waals surface area contributed by atoms with Crippen LogP contribution in [0.25, 0.3) is 0 Å². The van der Waals surface area contributed by atoms with Crippen LogP contribution in [0, 0.1) is 17.8 Å². The zero-order chi connectivity index (χ0) is 28.0. The Hall–Kier alpha value is -2.33. The first-order valence-corrected chi connectivity index (χ1v) is 13.3. The number of amides is 1. The number of hydrogen-bond acceptors (Lipinski definition) is 8. The van der Waals surface area contributed by atoms with Gasteiger partial charge in [0, 0.05) is 44.2 Å². The van der Waals surface area contributed by atoms with Crippen LogP contribution in [-0.4, -0.2) is 76.2 Å². The van der Waals surface area contributed by atoms with E-state index >= 15 is 0 Å². The molecule has 1 aromatic heterocycles. The average Bonchev–Trinajstić information content (AvgIpc) is 3.28. The van der Waals surface area contributed by atoms with E-state index in [1.54, 1.807) is 11.9 Å². The first-order chi connectivity index (χ1) is 16.5. The van der Waals surface area contributed by atoms with Gasteiger partial charge in [0.05, 0.1) is 5.54 Å². The molecule has 0 radical (unpaired) electrons. The maximum Gasteiger partial charge on any atom is 0.355 e. The molecule has 0 saturated carbocycles. The second-order valence-corrected chi connectivity index (χ2v) is 11.4. The summed E-state index contributed by atoms with van der Waals surface area (Å²) in [5, 5.41) is 11.0. The molecule has 4 atom stereocenters. The minimum absolute atomic E-state index is 0.00224. The van der Waals surface area contributed by atoms with Crippen molar-refractivity contribution in [3.63, 3.8) is 0 Å². The molecule has 0 unspecified atom stereocenters. The molecule has 0 saturated heterocycles. The summed E-state index contributed by atoms with van der Waals surface area (Å²) in [6.07, 6.45) is 0.353. The van der Waals surface area contributed by atoms with Gasteiger partial charge in [-0.1, -0.05) is 34.1 Å². The van der Waals surface area contributed by atoms with Gasteiger partial charge in [-0.3, -0.25) is 19.3 Å². The van der Waals surface area contributed by atoms with Gasteiger partial charge in [0.25, 0.3) is 0 Å². The Morgan fingerprint density at radius 2 is 1.72 bits per heavy atom. The summed E-state index contributed by atoms with van der Waals surface area (Å²) in [6, 6.07) is -0.331. The summed E-state index contributed by atoms with van der Waals surface area (Å²) >= 11 is 1.11. The zero-order valence-electron chi connectivity index (χ0n) is 23.3. The molecule has 0 aromatic carbocycles. The van der Waals surface area contributed by atoms with E-state index in [0.717, 1.165) is 17.8 Å². The van der Waals surface area contributed by atoms with Gasteiger partial charge in [-0.05, 0) is 39.8 Å². The minimum atomic E-state index is -1.16. The van der Waals surface area contributed by atoms with E-state index in [1.165, 1.54) is 12.3 Å². The van der Waals surface area contributed by atoms with Gasteiger partial charge in [-0.15, -0.1) is 11.3 Å². The van der Waals surface area contributed by atoms with Crippen molar-refractivity contribution in [2.75, 3.05) is 21.1 Å². The van der Waals surface area contributed by atoms with E-state index in [-0.39, 0.29) is 48.1 Å². The first-order valence-electron chi connectivity index (χ1n) is 12.4. The number of aromatic carboxylic acids is 1. The van der Waals surface area contributed by atoms with Crippen LogP contribution in [0.5, 0.6) is 0 Å². The van der Waals surface area contributed by atoms with Crippen LogP contribution >= 0.6 is 11.3 Å². The predicted molar refractivity (Wildman–Crippen MR) is 140 cm³/mol. The number of rotatable bonds is 14. The van der Waals surface area contributed by atoms with Crippen LogP contribution in [0.2, 0.25) is 0 Å². The molecule has 0 bridgehead atoms. The topological polar surface area (TPSA) is 117 Å². The van der Waals surface area contributed by atoms with Crippen molar-refractivity contribution in [2.45, 2.75) is 85.4 Å². The summed E-state index contributed by atoms with van der Waals surface area (Å²) < 4.78 is 5.52. The van der Waals surface area contributed by atoms with Crippen molar-refractivity contribution in [2.24, 2.45) is 17.8 Å². The van der Waals surface area contributed by atoms with Gasteiger partial charge in [0.1, 0.15) is 5.01 Å². The van der Waals surface area contributed by atoms with Crippen molar-refractivity contribution < 1.29 is 29.0 Å². The Bertz CT molecular complexity index is 927. The number of thiazole rings is 1. The number of carboxylic acid groups (broad SMARTS) is 1. The molecule has 1 heterocycles. The van der Waals surface area contributed by atoms with E-state index in [4.69, 9.17) is 4.74 Å². The second-order valence-electron chi connectivity index (χ2n) is 10.5. The SMILES string of the molecule is CC[C@H](C)[C@H](CC(=O)C(C)(C)N(C)C)C(=O)N(C)[C@H](C[C@@H](OC(C)=O)c1nc(C(=O)O)cs1)C(C)C. The summed E-state index contributed by atoms with van der Waals surface area (Å²) in [4.78, 5) is 57.8. The third kappa shape index (κ3) is 8.09. The fourth-order valence-electron chi connectivity index (χ4n) is 3.97. The number of hydrogen-bond donors (Lipinski definition) is 1. The average molecular weight is 526 g/mol. The maximum absolute atomic E-state index is 13.8. The standard InChI is InChI=1S/C26H43N3O6S/c1-11-16(4)18(12-22(31)26(6,7)28(8)9)24(32)29(10)20(15(2)3)13-21(35-17(5)30)23-27-19(14-36-23)25(33)34/h14-16,18,20-21H,11-13H2,1-10H3,(H,33,34)/t16-,18-,20+,21+/m0/s1. The van der Waals surface area contributed by atoms with Gasteiger partial charge >= 0.3 is 11.9 Å². The quantitative estimate of drug-likeness (QED) is 0.358. The van der Waals surface area contributed by atoms with Gasteiger partial charge in [-0.25, -0.2) is 9.78 Å². The number of ether oxygens (including phenoxy) is 1. The maximum atomic E-state index is 13.8. The number of likely N-dealkylation sites (N-methyl/N-ethyl adjacent to an activating group) is 1. The van der Waals surface area contributed by atoms with Crippen LogP contribution in [-0.2, 0) is 19.1 Å². The molecule has 10 heteroatoms. The van der Waals surface area contributed by atoms with Gasteiger partial charge in [0.2, 0.25) is 5.91 Å². The Labute approximate surface area is 219 Å². The third-order valence-corrected chi connectivity index (χ3v) is 8.19. The summed E-state index contributed by atoms with van der Waals surface area (Å²) in [6.45, 7) is 12.9. The number of carbonyl (C=O) groups excluding carboxylic acids is 3. The molecule has 0 aliphatic heterocycles. The van der Waals surface area contributed by atoms with Crippen molar-refractivity contribution in [1.82, 2.24) is 14.8 Å². The summed E-state index contributed by atoms with van der Waals surface area (Å²) in [5.41, 5.74) is -0.814. The lowest BCUT2D eigenvalue weighted by atomic mass is 9.81. The Balaban J connectivity index is 3.27. The fraction of sp³-hybridized carbons (Fsp3) is 0.731. The molecule has 1 N–H and O–H groups in total. The molecule has 0 aliphatic carbocycles. The summed E-state index contributed by atoms with van der Waals surface area (Å²) in [7, 11) is 5.42. The molecular formula is C26H43N3O6S. The molecule has 1 rings (SSSR count). The highest BCUT2D eigenvalue weighted by Crippen LogP contribution is 2.32. The molecule has 1 aromatic rings. The van der Waals surface area contributed by atoms with Crippen LogP contribution in [0.15, 0.2) is 5.38 Å². The molecular weight excluding hydrogens is 482 g/mol. The Kier molecular flexibility index (Phi) is 11.7. The highest BCUT2D eigenvalue weighted by Gasteiger charge is 2.38. The highest BCUT2D eigenvalue weighted by atomic mass is 32.1. The third-order valence-electron chi connectivity index (χ3n) is 7.25. The van der Waals surface area contributed by atoms with E-state index in [9.17, 15) is 24.3 Å². The number of ketones is 1. The fourth-order valence-corrected chi connectivity index (χ4v) is 4.80. The number of carbonyl (C=O) groups is 4. The number of esters is 1. The highest BCUT2D eigenvalue weighted by molar-refractivity contribution is 7.09. The van der Waals surface area contributed by atoms with Gasteiger partial charge in [-0.2, -0.15) is 0 Å². The van der Waals surface area contributed by atoms with E-state index in [0.29, 0.717) is 5.01 Å². The number of carboxylic acids is 1. The number of Topliss-reactive ketones (excluding diaryl/α,β-unsaturated/α-hetero) is 1. The van der Waals surface area contributed by atoms with Crippen molar-refractivity contribution in [3.8, 4) is 0 Å². The van der Waals surface area contributed by atoms with E-state index < -0.39 is 29.5 Å². The monoisotopic (exact) mass is 525 g/mol. The Morgan fingerprint density at radius 1 is 1.14 bits per heavy atom. The smallest absolute Gasteiger partial charge is 0.355 e. The van der Waals surface area contributed by atoms with Crippen LogP contribution < -0.4 is 0 Å². The zero-order valence-corrected chi connectivity index (χ0v) is 24.1. The minimum Gasteiger partial charge on any atom is -0.476 e. The van der Waals surface area contributed by atoms with E-state index in [2.05, 4.69) is 4.98 Å². The number of aromatic nitrogens is 1. The van der Waals surface area contributed by atoms with Gasteiger partial charge < -0.3 is 14.7 Å². The number of nitrogens with zero attached hydrogens (tertiary/aromatic N) is 3. The molecule has 0 fully saturated rings. The molecule has 1 amide bonds.